The summed E-state index contributed by atoms with van der Waals surface area (Å²) in [6.07, 6.45) is -1.13. The number of pyridine rings is 1. The fourth-order valence-corrected chi connectivity index (χ4v) is 4.33. The predicted octanol–water partition coefficient (Wildman–Crippen LogP) is 4.35. The van der Waals surface area contributed by atoms with E-state index in [1.54, 1.807) is 42.0 Å². The molecule has 0 unspecified atom stereocenters. The van der Waals surface area contributed by atoms with E-state index in [9.17, 15) is 18.7 Å². The summed E-state index contributed by atoms with van der Waals surface area (Å²) in [5, 5.41) is 10.2. The lowest BCUT2D eigenvalue weighted by molar-refractivity contribution is 0.0699. The quantitative estimate of drug-likeness (QED) is 0.510. The van der Waals surface area contributed by atoms with Crippen LogP contribution in [-0.2, 0) is 4.74 Å². The number of halogens is 2. The zero-order chi connectivity index (χ0) is 22.4. The Balaban J connectivity index is 1.83. The maximum Gasteiger partial charge on any atom is 0.338 e. The van der Waals surface area contributed by atoms with E-state index in [0.29, 0.717) is 59.8 Å². The minimum absolute atomic E-state index is 0.0679. The molecule has 0 spiro atoms. The Kier molecular flexibility index (Phi) is 4.97. The molecule has 0 bridgehead atoms. The Labute approximate surface area is 181 Å². The predicted molar refractivity (Wildman–Crippen MR) is 116 cm³/mol. The van der Waals surface area contributed by atoms with Gasteiger partial charge in [-0.2, -0.15) is 0 Å². The Bertz CT molecular complexity index is 1340. The molecule has 1 aliphatic rings. The van der Waals surface area contributed by atoms with Crippen LogP contribution in [-0.4, -0.2) is 51.9 Å². The van der Waals surface area contributed by atoms with Crippen LogP contribution in [0.2, 0.25) is 0 Å². The van der Waals surface area contributed by atoms with E-state index in [1.165, 1.54) is 6.07 Å². The third kappa shape index (κ3) is 3.25. The SMILES string of the molecule is Cc1nc2c(C(=O)O)cc(N3CCOCC3)cc2n1-c1ccnc2cccc(C(F)F)c12. The van der Waals surface area contributed by atoms with Gasteiger partial charge in [-0.25, -0.2) is 18.6 Å². The highest BCUT2D eigenvalue weighted by Crippen LogP contribution is 2.35. The van der Waals surface area contributed by atoms with Crippen molar-refractivity contribution in [2.24, 2.45) is 0 Å². The van der Waals surface area contributed by atoms with Crippen molar-refractivity contribution in [2.45, 2.75) is 13.3 Å². The van der Waals surface area contributed by atoms with Crippen LogP contribution in [0.3, 0.4) is 0 Å². The number of nitrogens with zero attached hydrogens (tertiary/aromatic N) is 4. The summed E-state index contributed by atoms with van der Waals surface area (Å²) in [7, 11) is 0. The van der Waals surface area contributed by atoms with Gasteiger partial charge >= 0.3 is 5.97 Å². The van der Waals surface area contributed by atoms with E-state index in [4.69, 9.17) is 4.74 Å². The number of aryl methyl sites for hydroxylation is 1. The Hall–Kier alpha value is -3.59. The largest absolute Gasteiger partial charge is 0.478 e. The first-order chi connectivity index (χ1) is 15.5. The third-order valence-corrected chi connectivity index (χ3v) is 5.77. The molecule has 7 nitrogen and oxygen atoms in total. The highest BCUT2D eigenvalue weighted by atomic mass is 19.3. The maximum atomic E-state index is 13.9. The molecule has 1 aliphatic heterocycles. The second-order valence-electron chi connectivity index (χ2n) is 7.63. The minimum Gasteiger partial charge on any atom is -0.478 e. The molecule has 0 atom stereocenters. The number of imidazole rings is 1. The number of fused-ring (bicyclic) bond motifs is 2. The van der Waals surface area contributed by atoms with Gasteiger partial charge in [-0.1, -0.05) is 12.1 Å². The number of carbonyl (C=O) groups is 1. The van der Waals surface area contributed by atoms with Crippen molar-refractivity contribution in [3.8, 4) is 5.69 Å². The number of hydrogen-bond acceptors (Lipinski definition) is 5. The zero-order valence-corrected chi connectivity index (χ0v) is 17.3. The maximum absolute atomic E-state index is 13.9. The van der Waals surface area contributed by atoms with Crippen molar-refractivity contribution >= 4 is 33.6 Å². The monoisotopic (exact) mass is 438 g/mol. The number of aromatic carboxylic acids is 1. The number of aromatic nitrogens is 3. The highest BCUT2D eigenvalue weighted by Gasteiger charge is 2.23. The smallest absolute Gasteiger partial charge is 0.338 e. The van der Waals surface area contributed by atoms with Gasteiger partial charge in [0.2, 0.25) is 0 Å². The van der Waals surface area contributed by atoms with E-state index in [2.05, 4.69) is 14.9 Å². The lowest BCUT2D eigenvalue weighted by atomic mass is 10.1. The molecule has 0 saturated carbocycles. The molecule has 1 saturated heterocycles. The van der Waals surface area contributed by atoms with Gasteiger partial charge < -0.3 is 14.7 Å². The van der Waals surface area contributed by atoms with Crippen LogP contribution in [0.15, 0.2) is 42.6 Å². The summed E-state index contributed by atoms with van der Waals surface area (Å²) in [5.41, 5.74) is 2.44. The van der Waals surface area contributed by atoms with Crippen LogP contribution in [0.4, 0.5) is 14.5 Å². The number of benzene rings is 2. The van der Waals surface area contributed by atoms with Crippen molar-refractivity contribution < 1.29 is 23.4 Å². The Morgan fingerprint density at radius 2 is 1.97 bits per heavy atom. The number of hydrogen-bond donors (Lipinski definition) is 1. The van der Waals surface area contributed by atoms with Gasteiger partial charge in [0.05, 0.1) is 35.5 Å². The van der Waals surface area contributed by atoms with Crippen molar-refractivity contribution in [2.75, 3.05) is 31.2 Å². The summed E-state index contributed by atoms with van der Waals surface area (Å²) in [6, 6.07) is 9.75. The fourth-order valence-electron chi connectivity index (χ4n) is 4.33. The standard InChI is InChI=1S/C23H20F2N4O3/c1-13-27-21-16(23(30)31)11-14(28-7-9-32-10-8-28)12-19(21)29(13)18-5-6-26-17-4-2-3-15(20(17)18)22(24)25/h2-6,11-12,22H,7-10H2,1H3,(H,30,31). The third-order valence-electron chi connectivity index (χ3n) is 5.77. The highest BCUT2D eigenvalue weighted by molar-refractivity contribution is 6.04. The van der Waals surface area contributed by atoms with E-state index < -0.39 is 12.4 Å². The average molecular weight is 438 g/mol. The normalized spacial score (nSPS) is 14.6. The fraction of sp³-hybridized carbons (Fsp3) is 0.261. The Morgan fingerprint density at radius 1 is 1.19 bits per heavy atom. The molecule has 32 heavy (non-hydrogen) atoms. The first-order valence-electron chi connectivity index (χ1n) is 10.2. The molecule has 4 aromatic rings. The van der Waals surface area contributed by atoms with Gasteiger partial charge in [0.25, 0.3) is 6.43 Å². The van der Waals surface area contributed by atoms with E-state index in [0.717, 1.165) is 5.69 Å². The molecule has 5 rings (SSSR count). The van der Waals surface area contributed by atoms with Crippen molar-refractivity contribution in [1.82, 2.24) is 14.5 Å². The summed E-state index contributed by atoms with van der Waals surface area (Å²) in [4.78, 5) is 22.9. The number of alkyl halides is 2. The van der Waals surface area contributed by atoms with E-state index in [-0.39, 0.29) is 11.1 Å². The van der Waals surface area contributed by atoms with Gasteiger partial charge in [0.1, 0.15) is 11.3 Å². The van der Waals surface area contributed by atoms with E-state index >= 15 is 0 Å². The molecular formula is C23H20F2N4O3. The lowest BCUT2D eigenvalue weighted by Crippen LogP contribution is -2.36. The van der Waals surface area contributed by atoms with Gasteiger partial charge in [-0.15, -0.1) is 0 Å². The second-order valence-corrected chi connectivity index (χ2v) is 7.63. The van der Waals surface area contributed by atoms with Crippen LogP contribution in [0.25, 0.3) is 27.6 Å². The molecule has 164 valence electrons. The number of ether oxygens (including phenoxy) is 1. The summed E-state index contributed by atoms with van der Waals surface area (Å²) in [6.45, 7) is 4.09. The van der Waals surface area contributed by atoms with Gasteiger partial charge in [-0.3, -0.25) is 9.55 Å². The van der Waals surface area contributed by atoms with Crippen molar-refractivity contribution in [1.29, 1.82) is 0 Å². The molecule has 1 N–H and O–H groups in total. The second kappa shape index (κ2) is 7.83. The molecule has 0 radical (unpaired) electrons. The van der Waals surface area contributed by atoms with E-state index in [1.807, 2.05) is 6.07 Å². The van der Waals surface area contributed by atoms with Crippen LogP contribution in [0.1, 0.15) is 28.2 Å². The zero-order valence-electron chi connectivity index (χ0n) is 17.3. The first-order valence-corrected chi connectivity index (χ1v) is 10.2. The molecule has 0 amide bonds. The van der Waals surface area contributed by atoms with Gasteiger partial charge in [0, 0.05) is 35.9 Å². The average Bonchev–Trinajstić information content (AvgIpc) is 3.13. The number of rotatable bonds is 4. The molecule has 1 fully saturated rings. The first kappa shape index (κ1) is 20.3. The van der Waals surface area contributed by atoms with Gasteiger partial charge in [0.15, 0.2) is 0 Å². The summed E-state index contributed by atoms with van der Waals surface area (Å²) in [5.74, 6) is -0.596. The molecule has 2 aromatic carbocycles. The Morgan fingerprint density at radius 3 is 2.69 bits per heavy atom. The number of anilines is 1. The molecule has 0 aliphatic carbocycles. The molecule has 3 heterocycles. The van der Waals surface area contributed by atoms with Crippen LogP contribution in [0, 0.1) is 6.92 Å². The van der Waals surface area contributed by atoms with Crippen molar-refractivity contribution in [3.63, 3.8) is 0 Å². The topological polar surface area (TPSA) is 80.5 Å². The van der Waals surface area contributed by atoms with Crippen molar-refractivity contribution in [3.05, 3.63) is 59.5 Å². The molecule has 9 heteroatoms. The summed E-state index contributed by atoms with van der Waals surface area (Å²) >= 11 is 0. The minimum atomic E-state index is -2.68. The number of carboxylic acid groups (broad SMARTS) is 1. The lowest BCUT2D eigenvalue weighted by Gasteiger charge is -2.29. The molecular weight excluding hydrogens is 418 g/mol. The number of morpholine rings is 1. The van der Waals surface area contributed by atoms with Crippen LogP contribution >= 0.6 is 0 Å². The molecule has 2 aromatic heterocycles. The van der Waals surface area contributed by atoms with Gasteiger partial charge in [-0.05, 0) is 31.2 Å². The van der Waals surface area contributed by atoms with Crippen LogP contribution < -0.4 is 4.90 Å². The summed E-state index contributed by atoms with van der Waals surface area (Å²) < 4.78 is 34.9. The van der Waals surface area contributed by atoms with Crippen LogP contribution in [0.5, 0.6) is 0 Å². The number of carboxylic acids is 1.